The summed E-state index contributed by atoms with van der Waals surface area (Å²) >= 11 is 0. The van der Waals surface area contributed by atoms with Gasteiger partial charge in [-0.2, -0.15) is 26.3 Å². The van der Waals surface area contributed by atoms with Crippen LogP contribution in [0.1, 0.15) is 32.6 Å². The molecule has 1 saturated heterocycles. The smallest absolute Gasteiger partial charge is 0.378 e. The minimum absolute atomic E-state index is 0.0544. The van der Waals surface area contributed by atoms with Crippen LogP contribution in [-0.4, -0.2) is 37.7 Å². The summed E-state index contributed by atoms with van der Waals surface area (Å²) in [5, 5.41) is 2.32. The Balaban J connectivity index is 2.73. The van der Waals surface area contributed by atoms with Crippen LogP contribution < -0.4 is 5.32 Å². The molecule has 0 aromatic rings. The lowest BCUT2D eigenvalue weighted by atomic mass is 9.92. The largest absolute Gasteiger partial charge is 0.401 e. The first-order chi connectivity index (χ1) is 9.16. The summed E-state index contributed by atoms with van der Waals surface area (Å²) in [6.45, 7) is 2.07. The Kier molecular flexibility index (Phi) is 6.12. The lowest BCUT2D eigenvalue weighted by Crippen LogP contribution is -2.51. The van der Waals surface area contributed by atoms with Crippen LogP contribution in [0.4, 0.5) is 26.3 Å². The van der Waals surface area contributed by atoms with Gasteiger partial charge in [0.1, 0.15) is 0 Å². The molecule has 1 aliphatic heterocycles. The van der Waals surface area contributed by atoms with Gasteiger partial charge in [-0.05, 0) is 32.2 Å². The van der Waals surface area contributed by atoms with Crippen LogP contribution in [0, 0.1) is 5.92 Å². The van der Waals surface area contributed by atoms with Gasteiger partial charge in [-0.25, -0.2) is 0 Å². The number of hydrogen-bond donors (Lipinski definition) is 1. The van der Waals surface area contributed by atoms with E-state index in [0.717, 1.165) is 6.42 Å². The molecule has 0 radical (unpaired) electrons. The third-order valence-corrected chi connectivity index (χ3v) is 3.40. The maximum Gasteiger partial charge on any atom is 0.401 e. The molecule has 0 bridgehead atoms. The van der Waals surface area contributed by atoms with Crippen LogP contribution in [0.25, 0.3) is 0 Å². The van der Waals surface area contributed by atoms with Crippen molar-refractivity contribution in [2.45, 2.75) is 57.1 Å². The average molecular weight is 307 g/mol. The first-order valence-corrected chi connectivity index (χ1v) is 6.64. The zero-order chi connectivity index (χ0) is 15.4. The van der Waals surface area contributed by atoms with Gasteiger partial charge in [-0.1, -0.05) is 6.92 Å². The van der Waals surface area contributed by atoms with E-state index in [1.165, 1.54) is 6.92 Å². The van der Waals surface area contributed by atoms with Crippen molar-refractivity contribution >= 4 is 0 Å². The fourth-order valence-electron chi connectivity index (χ4n) is 2.53. The lowest BCUT2D eigenvalue weighted by molar-refractivity contribution is -0.292. The maximum absolute atomic E-state index is 12.7. The number of halogens is 6. The van der Waals surface area contributed by atoms with Crippen molar-refractivity contribution in [3.8, 4) is 0 Å². The third kappa shape index (κ3) is 5.12. The molecule has 120 valence electrons. The van der Waals surface area contributed by atoms with E-state index in [4.69, 9.17) is 4.74 Å². The molecule has 1 rings (SSSR count). The van der Waals surface area contributed by atoms with Gasteiger partial charge in [0.05, 0.1) is 6.10 Å². The van der Waals surface area contributed by atoms with E-state index < -0.39 is 24.3 Å². The van der Waals surface area contributed by atoms with Crippen LogP contribution in [-0.2, 0) is 4.74 Å². The molecule has 2 nitrogen and oxygen atoms in total. The van der Waals surface area contributed by atoms with E-state index in [1.807, 2.05) is 0 Å². The van der Waals surface area contributed by atoms with E-state index in [1.54, 1.807) is 0 Å². The van der Waals surface area contributed by atoms with Crippen molar-refractivity contribution < 1.29 is 31.1 Å². The molecule has 0 aromatic carbocycles. The molecule has 1 fully saturated rings. The molecule has 0 aromatic heterocycles. The highest BCUT2D eigenvalue weighted by Crippen LogP contribution is 2.42. The molecule has 0 saturated carbocycles. The van der Waals surface area contributed by atoms with Crippen LogP contribution >= 0.6 is 0 Å². The zero-order valence-corrected chi connectivity index (χ0v) is 11.2. The average Bonchev–Trinajstić information content (AvgIpc) is 2.74. The minimum atomic E-state index is -5.30. The Hall–Kier alpha value is -0.500. The lowest BCUT2D eigenvalue weighted by Gasteiger charge is -2.31. The fourth-order valence-corrected chi connectivity index (χ4v) is 2.53. The maximum atomic E-state index is 12.7. The van der Waals surface area contributed by atoms with Gasteiger partial charge in [0, 0.05) is 12.6 Å². The van der Waals surface area contributed by atoms with Gasteiger partial charge in [0.15, 0.2) is 5.92 Å². The SMILES string of the molecule is CCNC(CCC1CCCO1)C(C(F)(F)F)C(F)(F)F. The van der Waals surface area contributed by atoms with Crippen molar-refractivity contribution in [3.05, 3.63) is 0 Å². The molecule has 0 aliphatic carbocycles. The van der Waals surface area contributed by atoms with Crippen molar-refractivity contribution in [3.63, 3.8) is 0 Å². The normalized spacial score (nSPS) is 22.5. The molecule has 20 heavy (non-hydrogen) atoms. The van der Waals surface area contributed by atoms with Gasteiger partial charge in [-0.15, -0.1) is 0 Å². The highest BCUT2D eigenvalue weighted by Gasteiger charge is 2.59. The second-order valence-electron chi connectivity index (χ2n) is 4.94. The van der Waals surface area contributed by atoms with Crippen molar-refractivity contribution in [1.29, 1.82) is 0 Å². The zero-order valence-electron chi connectivity index (χ0n) is 11.2. The highest BCUT2D eigenvalue weighted by atomic mass is 19.4. The monoisotopic (exact) mass is 307 g/mol. The van der Waals surface area contributed by atoms with Gasteiger partial charge in [0.2, 0.25) is 0 Å². The minimum Gasteiger partial charge on any atom is -0.378 e. The van der Waals surface area contributed by atoms with Crippen molar-refractivity contribution in [2.24, 2.45) is 5.92 Å². The Morgan fingerprint density at radius 2 is 1.75 bits per heavy atom. The molecular formula is C12H19F6NO. The number of nitrogens with one attached hydrogen (secondary N) is 1. The molecule has 2 unspecified atom stereocenters. The summed E-state index contributed by atoms with van der Waals surface area (Å²) in [4.78, 5) is 0. The van der Waals surface area contributed by atoms with Gasteiger partial charge < -0.3 is 10.1 Å². The number of alkyl halides is 6. The molecule has 0 spiro atoms. The first-order valence-electron chi connectivity index (χ1n) is 6.64. The predicted octanol–water partition coefficient (Wildman–Crippen LogP) is 3.66. The topological polar surface area (TPSA) is 21.3 Å². The molecule has 1 N–H and O–H groups in total. The van der Waals surface area contributed by atoms with Crippen LogP contribution in [0.5, 0.6) is 0 Å². The Morgan fingerprint density at radius 1 is 1.15 bits per heavy atom. The van der Waals surface area contributed by atoms with Crippen LogP contribution in [0.2, 0.25) is 0 Å². The third-order valence-electron chi connectivity index (χ3n) is 3.40. The summed E-state index contributed by atoms with van der Waals surface area (Å²) in [6.07, 6.45) is -9.33. The van der Waals surface area contributed by atoms with E-state index in [9.17, 15) is 26.3 Å². The molecule has 1 heterocycles. The first kappa shape index (κ1) is 17.6. The van der Waals surface area contributed by atoms with Crippen LogP contribution in [0.15, 0.2) is 0 Å². The quantitative estimate of drug-likeness (QED) is 0.756. The molecule has 8 heteroatoms. The Morgan fingerprint density at radius 3 is 2.15 bits per heavy atom. The second-order valence-corrected chi connectivity index (χ2v) is 4.94. The molecule has 0 amide bonds. The number of rotatable bonds is 6. The highest BCUT2D eigenvalue weighted by molar-refractivity contribution is 4.87. The van der Waals surface area contributed by atoms with Gasteiger partial charge >= 0.3 is 12.4 Å². The predicted molar refractivity (Wildman–Crippen MR) is 61.3 cm³/mol. The number of hydrogen-bond acceptors (Lipinski definition) is 2. The van der Waals surface area contributed by atoms with E-state index in [-0.39, 0.29) is 25.5 Å². The summed E-state index contributed by atoms with van der Waals surface area (Å²) in [7, 11) is 0. The fraction of sp³-hybridized carbons (Fsp3) is 1.00. The summed E-state index contributed by atoms with van der Waals surface area (Å²) in [5.74, 6) is -3.34. The summed E-state index contributed by atoms with van der Waals surface area (Å²) < 4.78 is 81.4. The van der Waals surface area contributed by atoms with Crippen LogP contribution in [0.3, 0.4) is 0 Å². The van der Waals surface area contributed by atoms with Gasteiger partial charge in [-0.3, -0.25) is 0 Å². The van der Waals surface area contributed by atoms with E-state index in [2.05, 4.69) is 5.32 Å². The summed E-state index contributed by atoms with van der Waals surface area (Å²) in [5.41, 5.74) is 0. The standard InChI is InChI=1S/C12H19F6NO/c1-2-19-9(6-5-8-4-3-7-20-8)10(11(13,14)15)12(16,17)18/h8-10,19H,2-7H2,1H3. The number of ether oxygens (including phenoxy) is 1. The van der Waals surface area contributed by atoms with Crippen molar-refractivity contribution in [2.75, 3.05) is 13.2 Å². The van der Waals surface area contributed by atoms with Gasteiger partial charge in [0.25, 0.3) is 0 Å². The molecular weight excluding hydrogens is 288 g/mol. The molecule has 2 atom stereocenters. The van der Waals surface area contributed by atoms with E-state index >= 15 is 0 Å². The summed E-state index contributed by atoms with van der Waals surface area (Å²) in [6, 6.07) is -1.66. The van der Waals surface area contributed by atoms with Crippen molar-refractivity contribution in [1.82, 2.24) is 5.32 Å². The second kappa shape index (κ2) is 6.98. The molecule has 1 aliphatic rings. The van der Waals surface area contributed by atoms with E-state index in [0.29, 0.717) is 13.0 Å². The Bertz CT molecular complexity index is 271. The Labute approximate surface area is 113 Å².